The van der Waals surface area contributed by atoms with Crippen LogP contribution < -0.4 is 0 Å². The van der Waals surface area contributed by atoms with Crippen LogP contribution >= 0.6 is 0 Å². The van der Waals surface area contributed by atoms with Crippen molar-refractivity contribution in [2.24, 2.45) is 0 Å². The molecule has 0 saturated heterocycles. The number of unbranched alkanes of at least 4 members (excludes halogenated alkanes) is 6. The molecular formula is C38H47N5. The number of aromatic nitrogens is 4. The van der Waals surface area contributed by atoms with Crippen LogP contribution in [0.5, 0.6) is 0 Å². The first-order chi connectivity index (χ1) is 21.2. The smallest absolute Gasteiger partial charge is 0.0691 e. The SMILES string of the molecule is CCCCCc1c2nc(c(CCC#N)c3ccc([nH]3)c(CCCCC)c3ccc([nH]3)c(CCCCC)c3nc1C=C3)C=C2. The summed E-state index contributed by atoms with van der Waals surface area (Å²) in [4.78, 5) is 18.1. The van der Waals surface area contributed by atoms with E-state index in [1.165, 1.54) is 66.2 Å². The molecule has 0 atom stereocenters. The van der Waals surface area contributed by atoms with Crippen molar-refractivity contribution in [2.45, 2.75) is 111 Å². The molecule has 5 rings (SSSR count). The Morgan fingerprint density at radius 3 is 1.33 bits per heavy atom. The number of nitriles is 1. The van der Waals surface area contributed by atoms with Gasteiger partial charge in [-0.25, -0.2) is 9.97 Å². The minimum Gasteiger partial charge on any atom is -0.355 e. The molecule has 0 spiro atoms. The summed E-state index contributed by atoms with van der Waals surface area (Å²) in [6, 6.07) is 11.3. The summed E-state index contributed by atoms with van der Waals surface area (Å²) in [5, 5.41) is 9.49. The second-order valence-corrected chi connectivity index (χ2v) is 11.9. The number of rotatable bonds is 14. The van der Waals surface area contributed by atoms with E-state index in [4.69, 9.17) is 9.97 Å². The zero-order chi connectivity index (χ0) is 30.0. The maximum absolute atomic E-state index is 9.49. The number of aryl methyl sites for hydroxylation is 3. The van der Waals surface area contributed by atoms with Crippen LogP contribution in [-0.4, -0.2) is 19.9 Å². The molecule has 2 aliphatic rings. The highest BCUT2D eigenvalue weighted by atomic mass is 14.8. The molecule has 5 nitrogen and oxygen atoms in total. The lowest BCUT2D eigenvalue weighted by Gasteiger charge is -2.06. The standard InChI is InChI=1S/C38H47N5/c1-4-7-10-14-27-31-18-20-33(40-31)28(15-11-8-5-2)35-22-24-37(42-35)30(17-13-26-39)38-25-23-36(43-38)29(16-12-9-6-3)34-21-19-32(27)41-34/h18-25,40,42H,4-17H2,1-3H3. The molecule has 0 aliphatic carbocycles. The summed E-state index contributed by atoms with van der Waals surface area (Å²) >= 11 is 0. The molecule has 5 heterocycles. The van der Waals surface area contributed by atoms with E-state index < -0.39 is 0 Å². The zero-order valence-corrected chi connectivity index (χ0v) is 26.4. The topological polar surface area (TPSA) is 81.1 Å². The van der Waals surface area contributed by atoms with Crippen molar-refractivity contribution in [3.63, 3.8) is 0 Å². The highest BCUT2D eigenvalue weighted by Gasteiger charge is 2.16. The number of nitrogens with zero attached hydrogens (tertiary/aromatic N) is 3. The third-order valence-electron chi connectivity index (χ3n) is 8.77. The molecule has 8 bridgehead atoms. The van der Waals surface area contributed by atoms with Gasteiger partial charge < -0.3 is 9.97 Å². The summed E-state index contributed by atoms with van der Waals surface area (Å²) < 4.78 is 0. The van der Waals surface area contributed by atoms with E-state index in [2.05, 4.69) is 85.4 Å². The fourth-order valence-electron chi connectivity index (χ4n) is 6.33. The van der Waals surface area contributed by atoms with Gasteiger partial charge in [-0.3, -0.25) is 0 Å². The molecule has 0 fully saturated rings. The van der Waals surface area contributed by atoms with Crippen molar-refractivity contribution in [2.75, 3.05) is 0 Å². The van der Waals surface area contributed by atoms with Gasteiger partial charge in [-0.15, -0.1) is 0 Å². The fraction of sp³-hybridized carbons (Fsp3) is 0.447. The van der Waals surface area contributed by atoms with Gasteiger partial charge >= 0.3 is 0 Å². The molecule has 43 heavy (non-hydrogen) atoms. The van der Waals surface area contributed by atoms with Gasteiger partial charge in [0, 0.05) is 45.2 Å². The predicted molar refractivity (Wildman–Crippen MR) is 182 cm³/mol. The lowest BCUT2D eigenvalue weighted by molar-refractivity contribution is 0.713. The van der Waals surface area contributed by atoms with Crippen LogP contribution in [0.4, 0.5) is 0 Å². The van der Waals surface area contributed by atoms with E-state index >= 15 is 0 Å². The van der Waals surface area contributed by atoms with Gasteiger partial charge in [-0.05, 0) is 99.1 Å². The monoisotopic (exact) mass is 573 g/mol. The quantitative estimate of drug-likeness (QED) is 0.130. The number of hydrogen-bond donors (Lipinski definition) is 2. The van der Waals surface area contributed by atoms with E-state index in [-0.39, 0.29) is 0 Å². The van der Waals surface area contributed by atoms with Crippen LogP contribution in [0, 0.1) is 11.3 Å². The Hall–Kier alpha value is -3.91. The number of aromatic amines is 2. The van der Waals surface area contributed by atoms with Crippen molar-refractivity contribution in [1.82, 2.24) is 19.9 Å². The first-order valence-corrected chi connectivity index (χ1v) is 16.6. The molecule has 3 aromatic rings. The molecule has 0 saturated carbocycles. The molecule has 3 aromatic heterocycles. The molecule has 0 radical (unpaired) electrons. The van der Waals surface area contributed by atoms with Crippen LogP contribution in [-0.2, 0) is 25.7 Å². The van der Waals surface area contributed by atoms with Crippen LogP contribution in [0.3, 0.4) is 0 Å². The Morgan fingerprint density at radius 1 is 0.512 bits per heavy atom. The predicted octanol–water partition coefficient (Wildman–Crippen LogP) is 10.3. The number of hydrogen-bond acceptors (Lipinski definition) is 3. The summed E-state index contributed by atoms with van der Waals surface area (Å²) in [7, 11) is 0. The third-order valence-corrected chi connectivity index (χ3v) is 8.77. The summed E-state index contributed by atoms with van der Waals surface area (Å²) in [6.45, 7) is 6.77. The van der Waals surface area contributed by atoms with Gasteiger partial charge in [-0.2, -0.15) is 5.26 Å². The zero-order valence-electron chi connectivity index (χ0n) is 26.4. The van der Waals surface area contributed by atoms with Gasteiger partial charge in [0.1, 0.15) is 0 Å². The number of fused-ring (bicyclic) bond motifs is 8. The average molecular weight is 574 g/mol. The molecule has 2 N–H and O–H groups in total. The van der Waals surface area contributed by atoms with Crippen molar-refractivity contribution >= 4 is 46.4 Å². The van der Waals surface area contributed by atoms with Gasteiger partial charge in [0.05, 0.1) is 28.8 Å². The molecule has 5 heteroatoms. The van der Waals surface area contributed by atoms with E-state index in [0.29, 0.717) is 12.8 Å². The lowest BCUT2D eigenvalue weighted by Crippen LogP contribution is -1.97. The second-order valence-electron chi connectivity index (χ2n) is 11.9. The van der Waals surface area contributed by atoms with E-state index in [1.54, 1.807) is 0 Å². The van der Waals surface area contributed by atoms with Crippen molar-refractivity contribution in [1.29, 1.82) is 5.26 Å². The Bertz CT molecular complexity index is 1670. The maximum atomic E-state index is 9.49. The van der Waals surface area contributed by atoms with Crippen LogP contribution in [0.1, 0.15) is 130 Å². The van der Waals surface area contributed by atoms with E-state index in [0.717, 1.165) is 77.9 Å². The van der Waals surface area contributed by atoms with Gasteiger partial charge in [0.15, 0.2) is 0 Å². The van der Waals surface area contributed by atoms with E-state index in [9.17, 15) is 5.26 Å². The van der Waals surface area contributed by atoms with Crippen molar-refractivity contribution in [3.8, 4) is 6.07 Å². The van der Waals surface area contributed by atoms with Gasteiger partial charge in [-0.1, -0.05) is 59.3 Å². The Kier molecular flexibility index (Phi) is 10.7. The molecule has 0 unspecified atom stereocenters. The average Bonchev–Trinajstić information content (AvgIpc) is 3.84. The maximum Gasteiger partial charge on any atom is 0.0691 e. The number of nitrogens with one attached hydrogen (secondary N) is 2. The highest BCUT2D eigenvalue weighted by molar-refractivity contribution is 5.83. The van der Waals surface area contributed by atoms with E-state index in [1.807, 2.05) is 0 Å². The van der Waals surface area contributed by atoms with Crippen LogP contribution in [0.25, 0.3) is 46.4 Å². The Balaban J connectivity index is 1.84. The molecule has 224 valence electrons. The van der Waals surface area contributed by atoms with Crippen LogP contribution in [0.15, 0.2) is 24.3 Å². The normalized spacial score (nSPS) is 12.2. The Labute approximate surface area is 257 Å². The minimum atomic E-state index is 0.455. The lowest BCUT2D eigenvalue weighted by atomic mass is 10.0. The minimum absolute atomic E-state index is 0.455. The largest absolute Gasteiger partial charge is 0.355 e. The summed E-state index contributed by atoms with van der Waals surface area (Å²) in [6.07, 6.45) is 23.3. The van der Waals surface area contributed by atoms with Crippen molar-refractivity contribution in [3.05, 3.63) is 69.3 Å². The van der Waals surface area contributed by atoms with Crippen molar-refractivity contribution < 1.29 is 0 Å². The van der Waals surface area contributed by atoms with Crippen LogP contribution in [0.2, 0.25) is 0 Å². The highest BCUT2D eigenvalue weighted by Crippen LogP contribution is 2.29. The third kappa shape index (κ3) is 7.19. The molecule has 0 amide bonds. The molecular weight excluding hydrogens is 526 g/mol. The summed E-state index contributed by atoms with van der Waals surface area (Å²) in [5.41, 5.74) is 13.5. The fourth-order valence-corrected chi connectivity index (χ4v) is 6.33. The Morgan fingerprint density at radius 2 is 0.884 bits per heavy atom. The molecule has 2 aliphatic heterocycles. The second kappa shape index (κ2) is 15.0. The first-order valence-electron chi connectivity index (χ1n) is 16.6. The molecule has 0 aromatic carbocycles. The number of H-pyrrole nitrogens is 2. The van der Waals surface area contributed by atoms with Gasteiger partial charge in [0.2, 0.25) is 0 Å². The first kappa shape index (κ1) is 30.5. The van der Waals surface area contributed by atoms with Gasteiger partial charge in [0.25, 0.3) is 0 Å². The summed E-state index contributed by atoms with van der Waals surface area (Å²) in [5.74, 6) is 0.